The van der Waals surface area contributed by atoms with Crippen LogP contribution in [0.15, 0.2) is 18.2 Å². The summed E-state index contributed by atoms with van der Waals surface area (Å²) in [6, 6.07) is 4.91. The first-order chi connectivity index (χ1) is 6.52. The second-order valence-electron chi connectivity index (χ2n) is 4.21. The van der Waals surface area contributed by atoms with E-state index in [0.717, 1.165) is 12.0 Å². The molecule has 0 radical (unpaired) electrons. The van der Waals surface area contributed by atoms with E-state index in [4.69, 9.17) is 5.73 Å². The average Bonchev–Trinajstić information content (AvgIpc) is 2.01. The molecular weight excluding hydrogens is 177 g/mol. The van der Waals surface area contributed by atoms with Crippen molar-refractivity contribution in [2.24, 2.45) is 11.7 Å². The molecule has 1 aromatic carbocycles. The maximum Gasteiger partial charge on any atom is 0.128 e. The highest BCUT2D eigenvalue weighted by molar-refractivity contribution is 5.30. The van der Waals surface area contributed by atoms with E-state index in [1.54, 1.807) is 6.07 Å². The van der Waals surface area contributed by atoms with Gasteiger partial charge in [-0.3, -0.25) is 0 Å². The zero-order valence-corrected chi connectivity index (χ0v) is 9.05. The summed E-state index contributed by atoms with van der Waals surface area (Å²) in [6.45, 7) is 6.09. The molecule has 0 bridgehead atoms. The van der Waals surface area contributed by atoms with Crippen LogP contribution >= 0.6 is 0 Å². The largest absolute Gasteiger partial charge is 0.324 e. The molecule has 0 aliphatic rings. The van der Waals surface area contributed by atoms with Gasteiger partial charge in [0, 0.05) is 11.6 Å². The third-order valence-corrected chi connectivity index (χ3v) is 2.37. The Hall–Kier alpha value is -0.890. The molecule has 0 amide bonds. The number of nitrogens with two attached hydrogens (primary N) is 1. The van der Waals surface area contributed by atoms with Crippen LogP contribution in [0, 0.1) is 18.7 Å². The number of benzene rings is 1. The molecule has 0 saturated carbocycles. The summed E-state index contributed by atoms with van der Waals surface area (Å²) >= 11 is 0. The van der Waals surface area contributed by atoms with E-state index >= 15 is 0 Å². The minimum Gasteiger partial charge on any atom is -0.324 e. The maximum absolute atomic E-state index is 13.5. The predicted octanol–water partition coefficient (Wildman–Crippen LogP) is 3.18. The van der Waals surface area contributed by atoms with Crippen LogP contribution in [0.1, 0.15) is 37.4 Å². The first-order valence-corrected chi connectivity index (χ1v) is 5.03. The molecule has 0 heterocycles. The van der Waals surface area contributed by atoms with Crippen LogP contribution < -0.4 is 5.73 Å². The van der Waals surface area contributed by atoms with Crippen molar-refractivity contribution in [1.29, 1.82) is 0 Å². The van der Waals surface area contributed by atoms with Gasteiger partial charge < -0.3 is 5.73 Å². The summed E-state index contributed by atoms with van der Waals surface area (Å²) in [7, 11) is 0. The first-order valence-electron chi connectivity index (χ1n) is 5.03. The number of hydrogen-bond acceptors (Lipinski definition) is 1. The molecule has 0 aliphatic carbocycles. The minimum absolute atomic E-state index is 0.182. The predicted molar refractivity (Wildman–Crippen MR) is 57.5 cm³/mol. The van der Waals surface area contributed by atoms with Gasteiger partial charge in [0.2, 0.25) is 0 Å². The molecule has 0 saturated heterocycles. The zero-order chi connectivity index (χ0) is 10.7. The molecule has 0 unspecified atom stereocenters. The highest BCUT2D eigenvalue weighted by Gasteiger charge is 2.14. The fraction of sp³-hybridized carbons (Fsp3) is 0.500. The quantitative estimate of drug-likeness (QED) is 0.787. The number of aryl methyl sites for hydroxylation is 1. The van der Waals surface area contributed by atoms with Crippen molar-refractivity contribution in [3.8, 4) is 0 Å². The molecule has 1 atom stereocenters. The molecular formula is C12H18FN. The monoisotopic (exact) mass is 195 g/mol. The van der Waals surface area contributed by atoms with Crippen LogP contribution in [0.4, 0.5) is 4.39 Å². The Morgan fingerprint density at radius 2 is 2.00 bits per heavy atom. The molecule has 78 valence electrons. The van der Waals surface area contributed by atoms with Crippen LogP contribution in [0.2, 0.25) is 0 Å². The van der Waals surface area contributed by atoms with Crippen LogP contribution in [-0.4, -0.2) is 0 Å². The summed E-state index contributed by atoms with van der Waals surface area (Å²) in [5.41, 5.74) is 7.57. The lowest BCUT2D eigenvalue weighted by atomic mass is 9.94. The van der Waals surface area contributed by atoms with Gasteiger partial charge in [0.25, 0.3) is 0 Å². The van der Waals surface area contributed by atoms with Crippen LogP contribution in [0.25, 0.3) is 0 Å². The normalized spacial score (nSPS) is 13.3. The number of hydrogen-bond donors (Lipinski definition) is 1. The molecule has 1 rings (SSSR count). The lowest BCUT2D eigenvalue weighted by molar-refractivity contribution is 0.487. The van der Waals surface area contributed by atoms with Crippen molar-refractivity contribution >= 4 is 0 Å². The van der Waals surface area contributed by atoms with Crippen LogP contribution in [-0.2, 0) is 0 Å². The third kappa shape index (κ3) is 2.55. The summed E-state index contributed by atoms with van der Waals surface area (Å²) in [5, 5.41) is 0. The van der Waals surface area contributed by atoms with E-state index in [0.29, 0.717) is 11.5 Å². The Balaban J connectivity index is 2.94. The average molecular weight is 195 g/mol. The number of halogens is 1. The second-order valence-corrected chi connectivity index (χ2v) is 4.21. The molecule has 2 heteroatoms. The maximum atomic E-state index is 13.5. The third-order valence-electron chi connectivity index (χ3n) is 2.37. The second kappa shape index (κ2) is 4.56. The van der Waals surface area contributed by atoms with E-state index in [2.05, 4.69) is 13.8 Å². The number of rotatable bonds is 3. The fourth-order valence-electron chi connectivity index (χ4n) is 1.74. The van der Waals surface area contributed by atoms with E-state index in [1.807, 2.05) is 13.0 Å². The van der Waals surface area contributed by atoms with Crippen molar-refractivity contribution in [2.45, 2.75) is 33.2 Å². The summed E-state index contributed by atoms with van der Waals surface area (Å²) in [5.74, 6) is 0.308. The Kier molecular flexibility index (Phi) is 3.64. The van der Waals surface area contributed by atoms with Gasteiger partial charge in [-0.05, 0) is 30.9 Å². The zero-order valence-electron chi connectivity index (χ0n) is 9.05. The van der Waals surface area contributed by atoms with Crippen LogP contribution in [0.5, 0.6) is 0 Å². The first kappa shape index (κ1) is 11.2. The van der Waals surface area contributed by atoms with Crippen molar-refractivity contribution in [3.05, 3.63) is 35.1 Å². The van der Waals surface area contributed by atoms with Gasteiger partial charge in [0.1, 0.15) is 5.82 Å². The molecule has 0 aliphatic heterocycles. The molecule has 0 spiro atoms. The topological polar surface area (TPSA) is 26.0 Å². The van der Waals surface area contributed by atoms with Gasteiger partial charge in [-0.25, -0.2) is 4.39 Å². The van der Waals surface area contributed by atoms with Gasteiger partial charge in [0.05, 0.1) is 0 Å². The SMILES string of the molecule is Cc1cccc(F)c1[C@H](N)CC(C)C. The highest BCUT2D eigenvalue weighted by atomic mass is 19.1. The van der Waals surface area contributed by atoms with Gasteiger partial charge in [0.15, 0.2) is 0 Å². The Bertz CT molecular complexity index is 287. The summed E-state index contributed by atoms with van der Waals surface area (Å²) in [6.07, 6.45) is 0.821. The molecule has 1 aromatic rings. The molecule has 0 fully saturated rings. The summed E-state index contributed by atoms with van der Waals surface area (Å²) < 4.78 is 13.5. The van der Waals surface area contributed by atoms with Gasteiger partial charge >= 0.3 is 0 Å². The van der Waals surface area contributed by atoms with Gasteiger partial charge in [-0.2, -0.15) is 0 Å². The smallest absolute Gasteiger partial charge is 0.128 e. The summed E-state index contributed by atoms with van der Waals surface area (Å²) in [4.78, 5) is 0. The van der Waals surface area contributed by atoms with E-state index < -0.39 is 0 Å². The van der Waals surface area contributed by atoms with Gasteiger partial charge in [-0.1, -0.05) is 26.0 Å². The molecule has 1 nitrogen and oxygen atoms in total. The lowest BCUT2D eigenvalue weighted by Crippen LogP contribution is -2.15. The standard InChI is InChI=1S/C12H18FN/c1-8(2)7-11(14)12-9(3)5-4-6-10(12)13/h4-6,8,11H,7,14H2,1-3H3/t11-/m1/s1. The Morgan fingerprint density at radius 1 is 1.36 bits per heavy atom. The van der Waals surface area contributed by atoms with Crippen molar-refractivity contribution in [3.63, 3.8) is 0 Å². The van der Waals surface area contributed by atoms with E-state index in [-0.39, 0.29) is 11.9 Å². The Labute approximate surface area is 85.1 Å². The van der Waals surface area contributed by atoms with Crippen molar-refractivity contribution in [2.75, 3.05) is 0 Å². The molecule has 0 aromatic heterocycles. The van der Waals surface area contributed by atoms with Crippen LogP contribution in [0.3, 0.4) is 0 Å². The van der Waals surface area contributed by atoms with E-state index in [1.165, 1.54) is 6.07 Å². The highest BCUT2D eigenvalue weighted by Crippen LogP contribution is 2.24. The van der Waals surface area contributed by atoms with Gasteiger partial charge in [-0.15, -0.1) is 0 Å². The van der Waals surface area contributed by atoms with Crippen molar-refractivity contribution in [1.82, 2.24) is 0 Å². The van der Waals surface area contributed by atoms with Crippen molar-refractivity contribution < 1.29 is 4.39 Å². The van der Waals surface area contributed by atoms with E-state index in [9.17, 15) is 4.39 Å². The lowest BCUT2D eigenvalue weighted by Gasteiger charge is -2.17. The molecule has 2 N–H and O–H groups in total. The Morgan fingerprint density at radius 3 is 2.50 bits per heavy atom. The molecule has 14 heavy (non-hydrogen) atoms. The fourth-order valence-corrected chi connectivity index (χ4v) is 1.74. The minimum atomic E-state index is -0.184.